The van der Waals surface area contributed by atoms with Crippen LogP contribution in [-0.4, -0.2) is 25.2 Å². The standard InChI is InChI=1S/C16H21N3O/c1-20-15-10-14-12(9-13(15)11-17)5-6-18-16(14)19-7-3-2-4-8-19/h5-6,9-10H,2-4,7-8,11,17H2,1H3. The maximum Gasteiger partial charge on any atom is 0.136 e. The fourth-order valence-corrected chi connectivity index (χ4v) is 2.94. The number of benzene rings is 1. The number of piperidine rings is 1. The predicted octanol–water partition coefficient (Wildman–Crippen LogP) is 2.69. The van der Waals surface area contributed by atoms with Gasteiger partial charge in [0.05, 0.1) is 7.11 Å². The van der Waals surface area contributed by atoms with Gasteiger partial charge >= 0.3 is 0 Å². The molecule has 1 fully saturated rings. The van der Waals surface area contributed by atoms with Crippen LogP contribution < -0.4 is 15.4 Å². The highest BCUT2D eigenvalue weighted by Crippen LogP contribution is 2.32. The van der Waals surface area contributed by atoms with E-state index in [9.17, 15) is 0 Å². The quantitative estimate of drug-likeness (QED) is 0.932. The number of pyridine rings is 1. The van der Waals surface area contributed by atoms with Crippen LogP contribution in [0, 0.1) is 0 Å². The Morgan fingerprint density at radius 1 is 1.25 bits per heavy atom. The van der Waals surface area contributed by atoms with Gasteiger partial charge in [-0.3, -0.25) is 0 Å². The molecule has 1 aliphatic heterocycles. The second kappa shape index (κ2) is 5.67. The number of nitrogens with zero attached hydrogens (tertiary/aromatic N) is 2. The molecule has 20 heavy (non-hydrogen) atoms. The molecule has 0 saturated carbocycles. The summed E-state index contributed by atoms with van der Waals surface area (Å²) in [5.74, 6) is 1.93. The first kappa shape index (κ1) is 13.2. The van der Waals surface area contributed by atoms with E-state index < -0.39 is 0 Å². The summed E-state index contributed by atoms with van der Waals surface area (Å²) in [4.78, 5) is 6.98. The van der Waals surface area contributed by atoms with Gasteiger partial charge in [-0.2, -0.15) is 0 Å². The number of fused-ring (bicyclic) bond motifs is 1. The van der Waals surface area contributed by atoms with Crippen LogP contribution in [0.4, 0.5) is 5.82 Å². The number of aromatic nitrogens is 1. The van der Waals surface area contributed by atoms with Crippen LogP contribution in [0.15, 0.2) is 24.4 Å². The van der Waals surface area contributed by atoms with Crippen LogP contribution in [0.1, 0.15) is 24.8 Å². The van der Waals surface area contributed by atoms with Gasteiger partial charge in [-0.05, 0) is 42.8 Å². The molecule has 2 N–H and O–H groups in total. The molecule has 0 radical (unpaired) electrons. The first-order valence-corrected chi connectivity index (χ1v) is 7.24. The lowest BCUT2D eigenvalue weighted by Gasteiger charge is -2.28. The Hall–Kier alpha value is -1.81. The molecule has 0 spiro atoms. The molecule has 1 saturated heterocycles. The molecule has 4 heteroatoms. The lowest BCUT2D eigenvalue weighted by Crippen LogP contribution is -2.30. The topological polar surface area (TPSA) is 51.4 Å². The highest BCUT2D eigenvalue weighted by Gasteiger charge is 2.16. The van der Waals surface area contributed by atoms with Gasteiger partial charge in [-0.25, -0.2) is 4.98 Å². The Balaban J connectivity index is 2.12. The van der Waals surface area contributed by atoms with Crippen molar-refractivity contribution in [3.63, 3.8) is 0 Å². The van der Waals surface area contributed by atoms with Crippen LogP contribution >= 0.6 is 0 Å². The maximum atomic E-state index is 5.79. The SMILES string of the molecule is COc1cc2c(N3CCCCC3)nccc2cc1CN. The van der Waals surface area contributed by atoms with Gasteiger partial charge in [0.2, 0.25) is 0 Å². The molecule has 3 rings (SSSR count). The summed E-state index contributed by atoms with van der Waals surface area (Å²) in [6.45, 7) is 2.67. The third kappa shape index (κ3) is 2.31. The summed E-state index contributed by atoms with van der Waals surface area (Å²) in [5, 5.41) is 2.34. The normalized spacial score (nSPS) is 15.6. The lowest BCUT2D eigenvalue weighted by atomic mass is 10.1. The highest BCUT2D eigenvalue weighted by atomic mass is 16.5. The zero-order valence-corrected chi connectivity index (χ0v) is 11.9. The van der Waals surface area contributed by atoms with Crippen LogP contribution in [-0.2, 0) is 6.54 Å². The van der Waals surface area contributed by atoms with Crippen molar-refractivity contribution < 1.29 is 4.74 Å². The van der Waals surface area contributed by atoms with Crippen LogP contribution in [0.25, 0.3) is 10.8 Å². The highest BCUT2D eigenvalue weighted by molar-refractivity contribution is 5.94. The summed E-state index contributed by atoms with van der Waals surface area (Å²) < 4.78 is 5.46. The molecule has 1 aromatic carbocycles. The van der Waals surface area contributed by atoms with Crippen LogP contribution in [0.5, 0.6) is 5.75 Å². The average molecular weight is 271 g/mol. The second-order valence-electron chi connectivity index (χ2n) is 5.27. The Labute approximate surface area is 119 Å². The van der Waals surface area contributed by atoms with Gasteiger partial charge in [0, 0.05) is 36.8 Å². The largest absolute Gasteiger partial charge is 0.496 e. The van der Waals surface area contributed by atoms with E-state index in [-0.39, 0.29) is 0 Å². The molecule has 0 unspecified atom stereocenters. The molecule has 2 aromatic rings. The zero-order chi connectivity index (χ0) is 13.9. The smallest absolute Gasteiger partial charge is 0.136 e. The zero-order valence-electron chi connectivity index (χ0n) is 11.9. The minimum absolute atomic E-state index is 0.487. The van der Waals surface area contributed by atoms with Crippen molar-refractivity contribution in [1.29, 1.82) is 0 Å². The Morgan fingerprint density at radius 3 is 2.75 bits per heavy atom. The Kier molecular flexibility index (Phi) is 3.74. The monoisotopic (exact) mass is 271 g/mol. The van der Waals surface area contributed by atoms with E-state index in [1.807, 2.05) is 12.3 Å². The minimum Gasteiger partial charge on any atom is -0.496 e. The first-order valence-electron chi connectivity index (χ1n) is 7.24. The van der Waals surface area contributed by atoms with E-state index >= 15 is 0 Å². The number of anilines is 1. The number of nitrogens with two attached hydrogens (primary N) is 1. The molecule has 1 aromatic heterocycles. The molecule has 0 amide bonds. The van der Waals surface area contributed by atoms with Crippen LogP contribution in [0.2, 0.25) is 0 Å². The number of rotatable bonds is 3. The van der Waals surface area contributed by atoms with E-state index in [0.717, 1.165) is 35.6 Å². The Bertz CT molecular complexity index is 606. The maximum absolute atomic E-state index is 5.79. The van der Waals surface area contributed by atoms with E-state index in [4.69, 9.17) is 10.5 Å². The lowest BCUT2D eigenvalue weighted by molar-refractivity contribution is 0.410. The summed E-state index contributed by atoms with van der Waals surface area (Å²) in [5.41, 5.74) is 6.83. The fourth-order valence-electron chi connectivity index (χ4n) is 2.94. The van der Waals surface area contributed by atoms with Crippen molar-refractivity contribution in [3.05, 3.63) is 30.0 Å². The van der Waals surface area contributed by atoms with Crippen molar-refractivity contribution in [2.45, 2.75) is 25.8 Å². The first-order chi connectivity index (χ1) is 9.83. The molecule has 0 bridgehead atoms. The number of hydrogen-bond donors (Lipinski definition) is 1. The summed E-state index contributed by atoms with van der Waals surface area (Å²) in [6.07, 6.45) is 5.70. The van der Waals surface area contributed by atoms with Crippen molar-refractivity contribution in [1.82, 2.24) is 4.98 Å². The molecular formula is C16H21N3O. The van der Waals surface area contributed by atoms with E-state index in [1.165, 1.54) is 24.6 Å². The fraction of sp³-hybridized carbons (Fsp3) is 0.438. The van der Waals surface area contributed by atoms with Gasteiger partial charge in [0.15, 0.2) is 0 Å². The van der Waals surface area contributed by atoms with Crippen molar-refractivity contribution in [3.8, 4) is 5.75 Å². The minimum atomic E-state index is 0.487. The van der Waals surface area contributed by atoms with Gasteiger partial charge in [0.25, 0.3) is 0 Å². The average Bonchev–Trinajstić information content (AvgIpc) is 2.53. The van der Waals surface area contributed by atoms with Gasteiger partial charge in [-0.1, -0.05) is 0 Å². The summed E-state index contributed by atoms with van der Waals surface area (Å²) in [7, 11) is 1.69. The molecule has 4 nitrogen and oxygen atoms in total. The van der Waals surface area contributed by atoms with Gasteiger partial charge < -0.3 is 15.4 Å². The number of ether oxygens (including phenoxy) is 1. The van der Waals surface area contributed by atoms with Gasteiger partial charge in [-0.15, -0.1) is 0 Å². The second-order valence-corrected chi connectivity index (χ2v) is 5.27. The third-order valence-corrected chi connectivity index (χ3v) is 4.02. The Morgan fingerprint density at radius 2 is 2.05 bits per heavy atom. The van der Waals surface area contributed by atoms with Crippen molar-refractivity contribution in [2.24, 2.45) is 5.73 Å². The predicted molar refractivity (Wildman–Crippen MR) is 82.3 cm³/mol. The molecule has 2 heterocycles. The molecule has 0 aliphatic carbocycles. The molecule has 106 valence electrons. The molecular weight excluding hydrogens is 250 g/mol. The number of hydrogen-bond acceptors (Lipinski definition) is 4. The third-order valence-electron chi connectivity index (χ3n) is 4.02. The molecule has 0 atom stereocenters. The van der Waals surface area contributed by atoms with Crippen LogP contribution in [0.3, 0.4) is 0 Å². The van der Waals surface area contributed by atoms with E-state index in [0.29, 0.717) is 6.54 Å². The van der Waals surface area contributed by atoms with Crippen molar-refractivity contribution >= 4 is 16.6 Å². The summed E-state index contributed by atoms with van der Waals surface area (Å²) in [6, 6.07) is 6.24. The number of methoxy groups -OCH3 is 1. The van der Waals surface area contributed by atoms with Gasteiger partial charge in [0.1, 0.15) is 11.6 Å². The molecule has 1 aliphatic rings. The summed E-state index contributed by atoms with van der Waals surface area (Å²) >= 11 is 0. The van der Waals surface area contributed by atoms with E-state index in [1.54, 1.807) is 7.11 Å². The van der Waals surface area contributed by atoms with Crippen molar-refractivity contribution in [2.75, 3.05) is 25.1 Å². The van der Waals surface area contributed by atoms with E-state index in [2.05, 4.69) is 22.0 Å².